The van der Waals surface area contributed by atoms with Gasteiger partial charge in [0.25, 0.3) is 11.8 Å². The second-order valence-electron chi connectivity index (χ2n) is 18.1. The maximum atomic E-state index is 13.7. The first-order valence-electron chi connectivity index (χ1n) is 22.2. The van der Waals surface area contributed by atoms with Gasteiger partial charge in [0.15, 0.2) is 0 Å². The van der Waals surface area contributed by atoms with Crippen LogP contribution in [0, 0.1) is 54.3 Å². The van der Waals surface area contributed by atoms with Gasteiger partial charge in [-0.3, -0.25) is 34.1 Å². The first-order chi connectivity index (χ1) is 30.0. The molecule has 4 amide bonds. The van der Waals surface area contributed by atoms with Gasteiger partial charge in [-0.2, -0.15) is 10.4 Å². The van der Waals surface area contributed by atoms with Crippen molar-refractivity contribution in [2.24, 2.45) is 17.3 Å². The Bertz CT molecular complexity index is 2540. The summed E-state index contributed by atoms with van der Waals surface area (Å²) < 4.78 is 2.02. The fourth-order valence-electron chi connectivity index (χ4n) is 10.4. The summed E-state index contributed by atoms with van der Waals surface area (Å²) in [6.45, 7) is 9.87. The number of halogens is 1. The predicted molar refractivity (Wildman–Crippen MR) is 237 cm³/mol. The predicted octanol–water partition coefficient (Wildman–Crippen LogP) is 7.68. The maximum absolute atomic E-state index is 13.7. The average Bonchev–Trinajstić information content (AvgIpc) is 3.71. The molecular formula is C50H52ClN7O4. The van der Waals surface area contributed by atoms with Crippen molar-refractivity contribution in [2.45, 2.75) is 90.6 Å². The Morgan fingerprint density at radius 1 is 0.871 bits per heavy atom. The van der Waals surface area contributed by atoms with Crippen LogP contribution in [0.5, 0.6) is 0 Å². The molecule has 5 aliphatic rings. The van der Waals surface area contributed by atoms with Crippen LogP contribution < -0.4 is 10.2 Å². The second-order valence-corrected chi connectivity index (χ2v) is 18.5. The van der Waals surface area contributed by atoms with Crippen molar-refractivity contribution in [2.75, 3.05) is 37.6 Å². The van der Waals surface area contributed by atoms with Crippen LogP contribution >= 0.6 is 11.6 Å². The molecule has 4 fully saturated rings. The standard InChI is InChI=1S/C50H52ClN7O4/c1-32-33(2)57(54-46(32)38-16-17-39(29-52)41(51)28-38)31-37-14-10-35(11-15-37)7-6-34-8-12-36(13-9-34)30-55-24-20-50(21-25-55)22-26-56(27-23-50)42-5-3-4-40-45(42)49(62)58(48(40)61)43-18-19-44(59)53-47(43)60/h3-5,10-11,14-17,28,34,36,43H,8-9,12-13,18-27,30-31H2,1-2H3,(H,53,59,60). The highest BCUT2D eigenvalue weighted by Gasteiger charge is 2.47. The van der Waals surface area contributed by atoms with Crippen molar-refractivity contribution < 1.29 is 19.2 Å². The van der Waals surface area contributed by atoms with Crippen molar-refractivity contribution in [3.8, 4) is 29.2 Å². The zero-order valence-corrected chi connectivity index (χ0v) is 36.3. The summed E-state index contributed by atoms with van der Waals surface area (Å²) in [5.74, 6) is 6.35. The molecule has 318 valence electrons. The molecule has 1 spiro atoms. The van der Waals surface area contributed by atoms with E-state index in [-0.39, 0.29) is 18.7 Å². The van der Waals surface area contributed by atoms with Gasteiger partial charge in [0.1, 0.15) is 12.1 Å². The Labute approximate surface area is 368 Å². The molecule has 1 N–H and O–H groups in total. The van der Waals surface area contributed by atoms with E-state index in [4.69, 9.17) is 16.7 Å². The summed E-state index contributed by atoms with van der Waals surface area (Å²) in [6.07, 6.45) is 9.47. The number of likely N-dealkylation sites (tertiary alicyclic amines) is 1. The van der Waals surface area contributed by atoms with Gasteiger partial charge in [-0.1, -0.05) is 47.7 Å². The van der Waals surface area contributed by atoms with Gasteiger partial charge in [0.05, 0.1) is 39.6 Å². The molecule has 62 heavy (non-hydrogen) atoms. The number of amides is 4. The number of nitrogens with zero attached hydrogens (tertiary/aromatic N) is 6. The number of fused-ring (bicyclic) bond motifs is 1. The lowest BCUT2D eigenvalue weighted by molar-refractivity contribution is -0.136. The summed E-state index contributed by atoms with van der Waals surface area (Å²) >= 11 is 6.32. The molecular weight excluding hydrogens is 798 g/mol. The minimum Gasteiger partial charge on any atom is -0.371 e. The monoisotopic (exact) mass is 849 g/mol. The van der Waals surface area contributed by atoms with E-state index in [1.807, 2.05) is 28.9 Å². The van der Waals surface area contributed by atoms with Crippen molar-refractivity contribution >= 4 is 40.9 Å². The molecule has 9 rings (SSSR count). The lowest BCUT2D eigenvalue weighted by atomic mass is 9.71. The molecule has 1 unspecified atom stereocenters. The van der Waals surface area contributed by atoms with Crippen LogP contribution in [0.15, 0.2) is 60.7 Å². The Balaban J connectivity index is 0.723. The molecule has 3 saturated heterocycles. The van der Waals surface area contributed by atoms with Crippen LogP contribution in [0.1, 0.15) is 113 Å². The second kappa shape index (κ2) is 17.2. The lowest BCUT2D eigenvalue weighted by Crippen LogP contribution is -2.54. The smallest absolute Gasteiger partial charge is 0.264 e. The topological polar surface area (TPSA) is 132 Å². The number of carbonyl (C=O) groups excluding carboxylic acids is 4. The summed E-state index contributed by atoms with van der Waals surface area (Å²) in [6, 6.07) is 20.6. The maximum Gasteiger partial charge on any atom is 0.264 e. The van der Waals surface area contributed by atoms with Crippen LogP contribution in [0.25, 0.3) is 11.3 Å². The van der Waals surface area contributed by atoms with Crippen LogP contribution in [0.3, 0.4) is 0 Å². The minimum absolute atomic E-state index is 0.106. The van der Waals surface area contributed by atoms with Gasteiger partial charge in [0.2, 0.25) is 11.8 Å². The van der Waals surface area contributed by atoms with Crippen molar-refractivity contribution in [1.29, 1.82) is 5.26 Å². The number of hydrogen-bond acceptors (Lipinski definition) is 8. The zero-order chi connectivity index (χ0) is 43.1. The SMILES string of the molecule is Cc1c(-c2ccc(C#N)c(Cl)c2)nn(Cc2ccc(C#CC3CCC(CN4CCC5(CC4)CCN(c4cccc6c4C(=O)N(C4CCC(=O)NC4=O)C6=O)CC5)CC3)cc2)c1C. The molecule has 1 saturated carbocycles. The Morgan fingerprint density at radius 3 is 2.29 bits per heavy atom. The van der Waals surface area contributed by atoms with Gasteiger partial charge in [-0.25, -0.2) is 0 Å². The highest BCUT2D eigenvalue weighted by Crippen LogP contribution is 2.44. The van der Waals surface area contributed by atoms with E-state index >= 15 is 0 Å². The van der Waals surface area contributed by atoms with Gasteiger partial charge < -0.3 is 9.80 Å². The first-order valence-corrected chi connectivity index (χ1v) is 22.5. The van der Waals surface area contributed by atoms with Crippen molar-refractivity contribution in [3.05, 3.63) is 105 Å². The van der Waals surface area contributed by atoms with Gasteiger partial charge >= 0.3 is 0 Å². The number of anilines is 1. The van der Waals surface area contributed by atoms with Gasteiger partial charge in [-0.05, 0) is 144 Å². The highest BCUT2D eigenvalue weighted by molar-refractivity contribution is 6.32. The van der Waals surface area contributed by atoms with Gasteiger partial charge in [-0.15, -0.1) is 0 Å². The molecule has 0 radical (unpaired) electrons. The van der Waals surface area contributed by atoms with Crippen LogP contribution in [0.2, 0.25) is 5.02 Å². The van der Waals surface area contributed by atoms with Crippen LogP contribution in [0.4, 0.5) is 5.69 Å². The molecule has 12 heteroatoms. The summed E-state index contributed by atoms with van der Waals surface area (Å²) in [7, 11) is 0. The number of hydrogen-bond donors (Lipinski definition) is 1. The van der Waals surface area contributed by atoms with Crippen LogP contribution in [-0.2, 0) is 16.1 Å². The summed E-state index contributed by atoms with van der Waals surface area (Å²) in [4.78, 5) is 57.4. The number of piperidine rings is 3. The molecule has 11 nitrogen and oxygen atoms in total. The summed E-state index contributed by atoms with van der Waals surface area (Å²) in [5, 5.41) is 16.9. The molecule has 4 aliphatic heterocycles. The van der Waals surface area contributed by atoms with Crippen molar-refractivity contribution in [3.63, 3.8) is 0 Å². The molecule has 0 bridgehead atoms. The third kappa shape index (κ3) is 8.17. The lowest BCUT2D eigenvalue weighted by Gasteiger charge is -2.48. The fraction of sp³-hybridized carbons (Fsp3) is 0.440. The highest BCUT2D eigenvalue weighted by atomic mass is 35.5. The number of nitriles is 1. The van der Waals surface area contributed by atoms with E-state index < -0.39 is 23.8 Å². The van der Waals surface area contributed by atoms with E-state index in [9.17, 15) is 24.4 Å². The number of imide groups is 2. The largest absolute Gasteiger partial charge is 0.371 e. The third-order valence-electron chi connectivity index (χ3n) is 14.5. The fourth-order valence-corrected chi connectivity index (χ4v) is 10.6. The van der Waals surface area contributed by atoms with E-state index in [0.29, 0.717) is 45.5 Å². The minimum atomic E-state index is -0.962. The van der Waals surface area contributed by atoms with Gasteiger partial charge in [0, 0.05) is 48.8 Å². The molecule has 1 aromatic heterocycles. The Morgan fingerprint density at radius 2 is 1.60 bits per heavy atom. The first kappa shape index (κ1) is 41.6. The Hall–Kier alpha value is -5.75. The molecule has 5 heterocycles. The average molecular weight is 850 g/mol. The summed E-state index contributed by atoms with van der Waals surface area (Å²) in [5.41, 5.74) is 8.44. The quantitative estimate of drug-likeness (QED) is 0.148. The van der Waals surface area contributed by atoms with Crippen molar-refractivity contribution in [1.82, 2.24) is 24.9 Å². The zero-order valence-electron chi connectivity index (χ0n) is 35.5. The third-order valence-corrected chi connectivity index (χ3v) is 14.8. The molecule has 1 atom stereocenters. The normalized spacial score (nSPS) is 22.6. The number of carbonyl (C=O) groups is 4. The van der Waals surface area contributed by atoms with E-state index in [0.717, 1.165) is 103 Å². The van der Waals surface area contributed by atoms with E-state index in [1.165, 1.54) is 25.7 Å². The molecule has 4 aromatic rings. The van der Waals surface area contributed by atoms with E-state index in [1.54, 1.807) is 12.1 Å². The number of nitrogens with one attached hydrogen (secondary N) is 1. The molecule has 1 aliphatic carbocycles. The number of benzene rings is 3. The number of rotatable bonds is 7. The Kier molecular flexibility index (Phi) is 11.5. The van der Waals surface area contributed by atoms with Crippen LogP contribution in [-0.4, -0.2) is 82.0 Å². The molecule has 3 aromatic carbocycles. The number of aromatic nitrogens is 2. The van der Waals surface area contributed by atoms with E-state index in [2.05, 4.69) is 71.1 Å².